The monoisotopic (exact) mass is 329 g/mol. The van der Waals surface area contributed by atoms with Crippen molar-refractivity contribution < 1.29 is 4.52 Å². The molecule has 3 aromatic rings. The van der Waals surface area contributed by atoms with Crippen LogP contribution in [0.25, 0.3) is 11.1 Å². The summed E-state index contributed by atoms with van der Waals surface area (Å²) in [6, 6.07) is 2.68. The maximum Gasteiger partial charge on any atom is 0.263 e. The largest absolute Gasteiger partial charge is 0.368 e. The van der Waals surface area contributed by atoms with Gasteiger partial charge in [0.2, 0.25) is 0 Å². The molecule has 0 aromatic carbocycles. The lowest BCUT2D eigenvalue weighted by molar-refractivity contribution is 0.200. The Balaban J connectivity index is 1.45. The minimum absolute atomic E-state index is 0.424. The van der Waals surface area contributed by atoms with E-state index in [1.54, 1.807) is 4.88 Å². The van der Waals surface area contributed by atoms with Gasteiger partial charge in [0.1, 0.15) is 17.5 Å². The van der Waals surface area contributed by atoms with Crippen LogP contribution in [0.3, 0.4) is 0 Å². The number of thiophene rings is 1. The number of hydrogen-bond donors (Lipinski definition) is 1. The first-order valence-corrected chi connectivity index (χ1v) is 8.70. The van der Waals surface area contributed by atoms with E-state index in [4.69, 9.17) is 4.52 Å². The molecule has 1 atom stereocenters. The van der Waals surface area contributed by atoms with E-state index in [2.05, 4.69) is 43.7 Å². The number of nitrogens with zero attached hydrogens (tertiary/aromatic N) is 4. The van der Waals surface area contributed by atoms with Gasteiger partial charge >= 0.3 is 0 Å². The third-order valence-corrected chi connectivity index (χ3v) is 5.49. The SMILES string of the molecule is Cc1noc2ncnc(NC[C@@H](C)N3CCc4sccc4C3)c12. The minimum atomic E-state index is 0.424. The zero-order chi connectivity index (χ0) is 15.8. The van der Waals surface area contributed by atoms with Crippen molar-refractivity contribution in [3.63, 3.8) is 0 Å². The first-order valence-electron chi connectivity index (χ1n) is 7.82. The number of aryl methyl sites for hydroxylation is 1. The van der Waals surface area contributed by atoms with Crippen LogP contribution >= 0.6 is 11.3 Å². The fourth-order valence-electron chi connectivity index (χ4n) is 3.08. The normalized spacial score (nSPS) is 16.4. The third kappa shape index (κ3) is 2.70. The van der Waals surface area contributed by atoms with Crippen molar-refractivity contribution in [1.82, 2.24) is 20.0 Å². The molecule has 1 aliphatic rings. The van der Waals surface area contributed by atoms with Gasteiger partial charge in [-0.25, -0.2) is 4.98 Å². The Hall–Kier alpha value is -1.99. The summed E-state index contributed by atoms with van der Waals surface area (Å²) in [4.78, 5) is 12.5. The van der Waals surface area contributed by atoms with Crippen LogP contribution in [-0.4, -0.2) is 39.2 Å². The zero-order valence-electron chi connectivity index (χ0n) is 13.2. The van der Waals surface area contributed by atoms with Gasteiger partial charge in [0.25, 0.3) is 5.71 Å². The summed E-state index contributed by atoms with van der Waals surface area (Å²) < 4.78 is 5.19. The number of aromatic nitrogens is 3. The van der Waals surface area contributed by atoms with E-state index in [0.717, 1.165) is 43.0 Å². The smallest absolute Gasteiger partial charge is 0.263 e. The molecule has 7 heteroatoms. The van der Waals surface area contributed by atoms with Gasteiger partial charge < -0.3 is 9.84 Å². The van der Waals surface area contributed by atoms with E-state index >= 15 is 0 Å². The summed E-state index contributed by atoms with van der Waals surface area (Å²) in [7, 11) is 0. The van der Waals surface area contributed by atoms with Crippen LogP contribution in [-0.2, 0) is 13.0 Å². The molecule has 3 aromatic heterocycles. The Morgan fingerprint density at radius 1 is 1.43 bits per heavy atom. The lowest BCUT2D eigenvalue weighted by Crippen LogP contribution is -2.40. The Kier molecular flexibility index (Phi) is 3.74. The lowest BCUT2D eigenvalue weighted by atomic mass is 10.1. The molecule has 1 aliphatic heterocycles. The second-order valence-corrected chi connectivity index (χ2v) is 6.99. The van der Waals surface area contributed by atoms with Gasteiger partial charge in [-0.1, -0.05) is 5.16 Å². The second-order valence-electron chi connectivity index (χ2n) is 5.99. The number of anilines is 1. The van der Waals surface area contributed by atoms with Crippen LogP contribution in [0.1, 0.15) is 23.1 Å². The van der Waals surface area contributed by atoms with Gasteiger partial charge in [0, 0.05) is 30.6 Å². The van der Waals surface area contributed by atoms with E-state index in [1.807, 2.05) is 18.3 Å². The summed E-state index contributed by atoms with van der Waals surface area (Å²) >= 11 is 1.88. The number of nitrogens with one attached hydrogen (secondary N) is 1. The van der Waals surface area contributed by atoms with Crippen molar-refractivity contribution in [1.29, 1.82) is 0 Å². The topological polar surface area (TPSA) is 67.1 Å². The highest BCUT2D eigenvalue weighted by Crippen LogP contribution is 2.26. The van der Waals surface area contributed by atoms with Gasteiger partial charge in [-0.2, -0.15) is 4.98 Å². The molecule has 6 nitrogen and oxygen atoms in total. The molecule has 0 aliphatic carbocycles. The maximum absolute atomic E-state index is 5.19. The fourth-order valence-corrected chi connectivity index (χ4v) is 3.97. The van der Waals surface area contributed by atoms with Gasteiger partial charge in [-0.05, 0) is 37.3 Å². The molecule has 0 saturated carbocycles. The minimum Gasteiger partial charge on any atom is -0.368 e. The van der Waals surface area contributed by atoms with E-state index < -0.39 is 0 Å². The Morgan fingerprint density at radius 2 is 2.35 bits per heavy atom. The molecular weight excluding hydrogens is 310 g/mol. The maximum atomic E-state index is 5.19. The van der Waals surface area contributed by atoms with Gasteiger partial charge in [0.05, 0.1) is 5.69 Å². The molecule has 0 saturated heterocycles. The van der Waals surface area contributed by atoms with E-state index in [0.29, 0.717) is 11.8 Å². The van der Waals surface area contributed by atoms with Gasteiger partial charge in [-0.15, -0.1) is 11.3 Å². The van der Waals surface area contributed by atoms with Crippen molar-refractivity contribution in [2.24, 2.45) is 0 Å². The molecule has 0 radical (unpaired) electrons. The molecule has 0 amide bonds. The van der Waals surface area contributed by atoms with Crippen LogP contribution in [0.5, 0.6) is 0 Å². The van der Waals surface area contributed by atoms with E-state index in [1.165, 1.54) is 11.9 Å². The molecular formula is C16H19N5OS. The summed E-state index contributed by atoms with van der Waals surface area (Å²) in [6.45, 7) is 7.14. The zero-order valence-corrected chi connectivity index (χ0v) is 14.1. The Bertz CT molecular complexity index is 827. The number of hydrogen-bond acceptors (Lipinski definition) is 7. The standard InChI is InChI=1S/C16H19N5OS/c1-10(21-5-3-13-12(8-21)4-6-23-13)7-17-15-14-11(2)20-22-16(14)19-9-18-15/h4,6,9-10H,3,5,7-8H2,1-2H3,(H,17,18,19)/t10-/m1/s1. The average molecular weight is 329 g/mol. The first-order chi connectivity index (χ1) is 11.2. The van der Waals surface area contributed by atoms with Crippen molar-refractivity contribution in [2.75, 3.05) is 18.4 Å². The molecule has 0 bridgehead atoms. The second kappa shape index (κ2) is 5.90. The predicted octanol–water partition coefficient (Wildman–Crippen LogP) is 2.85. The van der Waals surface area contributed by atoms with Crippen LogP contribution in [0.2, 0.25) is 0 Å². The van der Waals surface area contributed by atoms with Crippen LogP contribution < -0.4 is 5.32 Å². The van der Waals surface area contributed by atoms with Crippen LogP contribution in [0.4, 0.5) is 5.82 Å². The van der Waals surface area contributed by atoms with Crippen LogP contribution in [0.15, 0.2) is 22.3 Å². The number of fused-ring (bicyclic) bond motifs is 2. The third-order valence-electron chi connectivity index (χ3n) is 4.47. The van der Waals surface area contributed by atoms with Crippen molar-refractivity contribution in [3.8, 4) is 0 Å². The average Bonchev–Trinajstić information content (AvgIpc) is 3.19. The van der Waals surface area contributed by atoms with Crippen molar-refractivity contribution in [3.05, 3.63) is 33.9 Å². The molecule has 4 rings (SSSR count). The van der Waals surface area contributed by atoms with E-state index in [-0.39, 0.29) is 0 Å². The van der Waals surface area contributed by atoms with Crippen molar-refractivity contribution >= 4 is 28.3 Å². The van der Waals surface area contributed by atoms with E-state index in [9.17, 15) is 0 Å². The summed E-state index contributed by atoms with van der Waals surface area (Å²) in [6.07, 6.45) is 2.67. The number of rotatable bonds is 4. The molecule has 0 fully saturated rings. The highest BCUT2D eigenvalue weighted by atomic mass is 32.1. The Morgan fingerprint density at radius 3 is 3.26 bits per heavy atom. The Labute approximate surface area is 138 Å². The molecule has 120 valence electrons. The van der Waals surface area contributed by atoms with Crippen LogP contribution in [0, 0.1) is 6.92 Å². The molecule has 4 heterocycles. The molecule has 0 spiro atoms. The summed E-state index contributed by atoms with van der Waals surface area (Å²) in [5.74, 6) is 0.800. The fraction of sp³-hybridized carbons (Fsp3) is 0.438. The first kappa shape index (κ1) is 14.6. The highest BCUT2D eigenvalue weighted by Gasteiger charge is 2.22. The predicted molar refractivity (Wildman–Crippen MR) is 90.7 cm³/mol. The van der Waals surface area contributed by atoms with Gasteiger partial charge in [0.15, 0.2) is 0 Å². The lowest BCUT2D eigenvalue weighted by Gasteiger charge is -2.32. The highest BCUT2D eigenvalue weighted by molar-refractivity contribution is 7.10. The summed E-state index contributed by atoms with van der Waals surface area (Å²) in [5.41, 5.74) is 2.83. The molecule has 23 heavy (non-hydrogen) atoms. The quantitative estimate of drug-likeness (QED) is 0.794. The van der Waals surface area contributed by atoms with Gasteiger partial charge in [-0.3, -0.25) is 4.90 Å². The van der Waals surface area contributed by atoms with Crippen molar-refractivity contribution in [2.45, 2.75) is 32.9 Å². The molecule has 1 N–H and O–H groups in total. The summed E-state index contributed by atoms with van der Waals surface area (Å²) in [5, 5.41) is 10.5. The molecule has 0 unspecified atom stereocenters.